The van der Waals surface area contributed by atoms with Gasteiger partial charge in [-0.25, -0.2) is 0 Å². The molecule has 1 aliphatic carbocycles. The van der Waals surface area contributed by atoms with E-state index in [0.717, 1.165) is 12.5 Å². The van der Waals surface area contributed by atoms with Gasteiger partial charge in [0.2, 0.25) is 11.7 Å². The molecule has 1 aromatic carbocycles. The Morgan fingerprint density at radius 1 is 1.18 bits per heavy atom. The van der Waals surface area contributed by atoms with Crippen LogP contribution in [0.15, 0.2) is 12.1 Å². The fraction of sp³-hybridized carbons (Fsp3) is 0.562. The van der Waals surface area contributed by atoms with E-state index in [0.29, 0.717) is 29.5 Å². The second kappa shape index (κ2) is 7.35. The first-order valence-corrected chi connectivity index (χ1v) is 7.38. The number of hydrogen-bond acceptors (Lipinski definition) is 5. The minimum atomic E-state index is -0.00470. The molecule has 1 N–H and O–H groups in total. The number of rotatable bonds is 8. The zero-order valence-electron chi connectivity index (χ0n) is 13.6. The molecular weight excluding hydrogens is 284 g/mol. The summed E-state index contributed by atoms with van der Waals surface area (Å²) in [5.41, 5.74) is 0.702. The van der Waals surface area contributed by atoms with Crippen LogP contribution < -0.4 is 24.4 Å². The van der Waals surface area contributed by atoms with Crippen LogP contribution in [-0.2, 0) is 4.79 Å². The van der Waals surface area contributed by atoms with Gasteiger partial charge in [-0.3, -0.25) is 4.79 Å². The topological polar surface area (TPSA) is 60.0 Å². The third-order valence-electron chi connectivity index (χ3n) is 3.82. The molecule has 22 heavy (non-hydrogen) atoms. The number of amides is 1. The van der Waals surface area contributed by atoms with Crippen molar-refractivity contribution in [2.75, 3.05) is 46.4 Å². The molecule has 1 aromatic rings. The molecule has 122 valence electrons. The zero-order valence-corrected chi connectivity index (χ0v) is 13.6. The highest BCUT2D eigenvalue weighted by molar-refractivity contribution is 5.95. The summed E-state index contributed by atoms with van der Waals surface area (Å²) in [6.07, 6.45) is 2.54. The van der Waals surface area contributed by atoms with Crippen molar-refractivity contribution in [3.05, 3.63) is 12.1 Å². The number of anilines is 1. The van der Waals surface area contributed by atoms with Gasteiger partial charge in [0.15, 0.2) is 11.5 Å². The summed E-state index contributed by atoms with van der Waals surface area (Å²) in [7, 11) is 6.40. The normalized spacial score (nSPS) is 13.6. The first kappa shape index (κ1) is 16.4. The molecule has 0 unspecified atom stereocenters. The highest BCUT2D eigenvalue weighted by atomic mass is 16.5. The molecule has 0 aromatic heterocycles. The van der Waals surface area contributed by atoms with Crippen molar-refractivity contribution in [2.24, 2.45) is 5.92 Å². The lowest BCUT2D eigenvalue weighted by Crippen LogP contribution is -2.36. The summed E-state index contributed by atoms with van der Waals surface area (Å²) in [6.45, 7) is 1.23. The molecule has 6 nitrogen and oxygen atoms in total. The van der Waals surface area contributed by atoms with Crippen LogP contribution in [0.25, 0.3) is 0 Å². The quantitative estimate of drug-likeness (QED) is 0.792. The molecule has 2 rings (SSSR count). The fourth-order valence-corrected chi connectivity index (χ4v) is 2.23. The summed E-state index contributed by atoms with van der Waals surface area (Å²) >= 11 is 0. The van der Waals surface area contributed by atoms with Crippen molar-refractivity contribution in [2.45, 2.75) is 12.8 Å². The number of carbonyl (C=O) groups excluding carboxylic acids is 1. The van der Waals surface area contributed by atoms with E-state index in [4.69, 9.17) is 14.2 Å². The highest BCUT2D eigenvalue weighted by Gasteiger charge is 2.22. The molecule has 1 aliphatic rings. The van der Waals surface area contributed by atoms with Gasteiger partial charge < -0.3 is 24.4 Å². The summed E-state index contributed by atoms with van der Waals surface area (Å²) in [6, 6.07) is 3.53. The number of benzene rings is 1. The molecule has 0 aliphatic heterocycles. The standard InChI is InChI=1S/C16H24N2O4/c1-18(15(19)10-17-9-11-5-6-11)12-7-13(20-2)16(22-4)14(8-12)21-3/h7-8,11,17H,5-6,9-10H2,1-4H3. The van der Waals surface area contributed by atoms with Crippen LogP contribution in [0.2, 0.25) is 0 Å². The summed E-state index contributed by atoms with van der Waals surface area (Å²) in [5, 5.41) is 3.20. The third-order valence-corrected chi connectivity index (χ3v) is 3.82. The summed E-state index contributed by atoms with van der Waals surface area (Å²) < 4.78 is 15.9. The van der Waals surface area contributed by atoms with Crippen LogP contribution >= 0.6 is 0 Å². The maximum atomic E-state index is 12.2. The molecule has 1 fully saturated rings. The number of methoxy groups -OCH3 is 3. The van der Waals surface area contributed by atoms with Gasteiger partial charge in [-0.2, -0.15) is 0 Å². The van der Waals surface area contributed by atoms with E-state index in [1.807, 2.05) is 0 Å². The first-order chi connectivity index (χ1) is 10.6. The first-order valence-electron chi connectivity index (χ1n) is 7.38. The van der Waals surface area contributed by atoms with Gasteiger partial charge in [-0.15, -0.1) is 0 Å². The van der Waals surface area contributed by atoms with Gasteiger partial charge in [0.05, 0.1) is 33.6 Å². The van der Waals surface area contributed by atoms with Crippen molar-refractivity contribution in [3.63, 3.8) is 0 Å². The highest BCUT2D eigenvalue weighted by Crippen LogP contribution is 2.40. The Hall–Kier alpha value is -1.95. The van der Waals surface area contributed by atoms with Crippen molar-refractivity contribution in [1.82, 2.24) is 5.32 Å². The number of likely N-dealkylation sites (N-methyl/N-ethyl adjacent to an activating group) is 1. The predicted octanol–water partition coefficient (Wildman–Crippen LogP) is 1.67. The molecule has 1 amide bonds. The number of nitrogens with one attached hydrogen (secondary N) is 1. The van der Waals surface area contributed by atoms with Crippen LogP contribution in [0.5, 0.6) is 17.2 Å². The maximum absolute atomic E-state index is 12.2. The summed E-state index contributed by atoms with van der Waals surface area (Å²) in [5.74, 6) is 2.32. The molecule has 0 atom stereocenters. The second-order valence-electron chi connectivity index (χ2n) is 5.41. The molecule has 0 saturated heterocycles. The van der Waals surface area contributed by atoms with Crippen LogP contribution in [-0.4, -0.2) is 47.4 Å². The predicted molar refractivity (Wildman–Crippen MR) is 85.1 cm³/mol. The van der Waals surface area contributed by atoms with E-state index in [-0.39, 0.29) is 5.91 Å². The zero-order chi connectivity index (χ0) is 16.1. The van der Waals surface area contributed by atoms with Crippen molar-refractivity contribution < 1.29 is 19.0 Å². The van der Waals surface area contributed by atoms with E-state index >= 15 is 0 Å². The fourth-order valence-electron chi connectivity index (χ4n) is 2.23. The molecule has 0 bridgehead atoms. The summed E-state index contributed by atoms with van der Waals surface area (Å²) in [4.78, 5) is 13.8. The minimum Gasteiger partial charge on any atom is -0.493 e. The Morgan fingerprint density at radius 2 is 1.77 bits per heavy atom. The third kappa shape index (κ3) is 3.82. The molecule has 1 saturated carbocycles. The van der Waals surface area contributed by atoms with Gasteiger partial charge >= 0.3 is 0 Å². The Labute approximate surface area is 131 Å². The molecule has 0 radical (unpaired) electrons. The lowest BCUT2D eigenvalue weighted by atomic mass is 10.2. The Balaban J connectivity index is 2.09. The van der Waals surface area contributed by atoms with Crippen LogP contribution in [0.4, 0.5) is 5.69 Å². The van der Waals surface area contributed by atoms with E-state index in [1.165, 1.54) is 12.8 Å². The molecule has 0 heterocycles. The molecule has 6 heteroatoms. The average molecular weight is 308 g/mol. The van der Waals surface area contributed by atoms with Crippen molar-refractivity contribution in [1.29, 1.82) is 0 Å². The maximum Gasteiger partial charge on any atom is 0.240 e. The lowest BCUT2D eigenvalue weighted by molar-refractivity contribution is -0.117. The van der Waals surface area contributed by atoms with E-state index < -0.39 is 0 Å². The SMILES string of the molecule is COc1cc(N(C)C(=O)CNCC2CC2)cc(OC)c1OC. The van der Waals surface area contributed by atoms with Crippen LogP contribution in [0.1, 0.15) is 12.8 Å². The molecular formula is C16H24N2O4. The van der Waals surface area contributed by atoms with Gasteiger partial charge in [0, 0.05) is 19.2 Å². The largest absolute Gasteiger partial charge is 0.493 e. The van der Waals surface area contributed by atoms with Gasteiger partial charge in [-0.05, 0) is 25.3 Å². The van der Waals surface area contributed by atoms with E-state index in [1.54, 1.807) is 45.4 Å². The Bertz CT molecular complexity index is 504. The minimum absolute atomic E-state index is 0.00470. The number of ether oxygens (including phenoxy) is 3. The lowest BCUT2D eigenvalue weighted by Gasteiger charge is -2.21. The second-order valence-corrected chi connectivity index (χ2v) is 5.41. The van der Waals surface area contributed by atoms with E-state index in [2.05, 4.69) is 5.32 Å². The van der Waals surface area contributed by atoms with Crippen LogP contribution in [0, 0.1) is 5.92 Å². The van der Waals surface area contributed by atoms with Crippen molar-refractivity contribution >= 4 is 11.6 Å². The Morgan fingerprint density at radius 3 is 2.23 bits per heavy atom. The number of hydrogen-bond donors (Lipinski definition) is 1. The monoisotopic (exact) mass is 308 g/mol. The van der Waals surface area contributed by atoms with Gasteiger partial charge in [0.25, 0.3) is 0 Å². The van der Waals surface area contributed by atoms with E-state index in [9.17, 15) is 4.79 Å². The molecule has 0 spiro atoms. The number of carbonyl (C=O) groups is 1. The Kier molecular flexibility index (Phi) is 5.49. The smallest absolute Gasteiger partial charge is 0.240 e. The number of nitrogens with zero attached hydrogens (tertiary/aromatic N) is 1. The van der Waals surface area contributed by atoms with Gasteiger partial charge in [0.1, 0.15) is 0 Å². The van der Waals surface area contributed by atoms with Crippen molar-refractivity contribution in [3.8, 4) is 17.2 Å². The van der Waals surface area contributed by atoms with Gasteiger partial charge in [-0.1, -0.05) is 0 Å². The average Bonchev–Trinajstić information content (AvgIpc) is 3.36. The van der Waals surface area contributed by atoms with Crippen LogP contribution in [0.3, 0.4) is 0 Å².